The van der Waals surface area contributed by atoms with E-state index in [4.69, 9.17) is 14.2 Å². The first kappa shape index (κ1) is 26.3. The Kier molecular flexibility index (Phi) is 8.54. The molecule has 0 saturated carbocycles. The number of hydrogen-bond donors (Lipinski definition) is 2. The van der Waals surface area contributed by atoms with Crippen LogP contribution >= 0.6 is 11.8 Å². The Morgan fingerprint density at radius 2 is 1.84 bits per heavy atom. The van der Waals surface area contributed by atoms with Crippen LogP contribution in [0.15, 0.2) is 47.6 Å². The van der Waals surface area contributed by atoms with E-state index >= 15 is 0 Å². The summed E-state index contributed by atoms with van der Waals surface area (Å²) in [6.07, 6.45) is 0. The van der Waals surface area contributed by atoms with Crippen molar-refractivity contribution in [1.29, 1.82) is 0 Å². The van der Waals surface area contributed by atoms with E-state index in [2.05, 4.69) is 20.8 Å². The van der Waals surface area contributed by atoms with Crippen molar-refractivity contribution in [1.82, 2.24) is 20.1 Å². The topological polar surface area (TPSA) is 117 Å². The third-order valence-corrected chi connectivity index (χ3v) is 6.68. The third-order valence-electron chi connectivity index (χ3n) is 5.71. The Morgan fingerprint density at radius 3 is 2.54 bits per heavy atom. The highest BCUT2D eigenvalue weighted by atomic mass is 32.2. The van der Waals surface area contributed by atoms with Crippen LogP contribution in [0.4, 0.5) is 5.69 Å². The monoisotopic (exact) mass is 525 g/mol. The highest BCUT2D eigenvalue weighted by Crippen LogP contribution is 2.33. The fourth-order valence-corrected chi connectivity index (χ4v) is 4.66. The van der Waals surface area contributed by atoms with Gasteiger partial charge in [0.1, 0.15) is 5.75 Å². The van der Waals surface area contributed by atoms with Gasteiger partial charge in [0.25, 0.3) is 5.91 Å². The number of carbonyl (C=O) groups excluding carboxylic acids is 2. The van der Waals surface area contributed by atoms with Crippen LogP contribution in [-0.4, -0.2) is 45.7 Å². The first-order chi connectivity index (χ1) is 17.9. The molecule has 196 valence electrons. The maximum Gasteiger partial charge on any atom is 0.252 e. The molecule has 2 amide bonds. The predicted octanol–water partition coefficient (Wildman–Crippen LogP) is 4.28. The van der Waals surface area contributed by atoms with E-state index in [-0.39, 0.29) is 36.3 Å². The predicted molar refractivity (Wildman–Crippen MR) is 140 cm³/mol. The van der Waals surface area contributed by atoms with E-state index in [1.54, 1.807) is 30.3 Å². The van der Waals surface area contributed by atoms with Crippen LogP contribution in [0.1, 0.15) is 49.9 Å². The number of hydrogen-bond acceptors (Lipinski definition) is 8. The van der Waals surface area contributed by atoms with Crippen molar-refractivity contribution in [3.63, 3.8) is 0 Å². The molecule has 0 bridgehead atoms. The number of nitrogens with one attached hydrogen (secondary N) is 2. The number of ether oxygens (including phenoxy) is 3. The number of thioether (sulfide) groups is 1. The van der Waals surface area contributed by atoms with Crippen molar-refractivity contribution in [2.45, 2.75) is 45.4 Å². The van der Waals surface area contributed by atoms with E-state index in [0.29, 0.717) is 46.9 Å². The molecule has 37 heavy (non-hydrogen) atoms. The molecule has 0 spiro atoms. The molecule has 2 heterocycles. The first-order valence-electron chi connectivity index (χ1n) is 12.2. The van der Waals surface area contributed by atoms with E-state index < -0.39 is 0 Å². The largest absolute Gasteiger partial charge is 0.494 e. The van der Waals surface area contributed by atoms with Crippen molar-refractivity contribution in [2.75, 3.05) is 24.5 Å². The second-order valence-corrected chi connectivity index (χ2v) is 9.58. The van der Waals surface area contributed by atoms with E-state index in [1.165, 1.54) is 11.8 Å². The zero-order valence-electron chi connectivity index (χ0n) is 21.3. The summed E-state index contributed by atoms with van der Waals surface area (Å²) >= 11 is 1.30. The van der Waals surface area contributed by atoms with Crippen molar-refractivity contribution >= 4 is 29.3 Å². The van der Waals surface area contributed by atoms with Gasteiger partial charge in [0.05, 0.1) is 18.4 Å². The van der Waals surface area contributed by atoms with Crippen LogP contribution in [0.3, 0.4) is 0 Å². The molecule has 1 atom stereocenters. The van der Waals surface area contributed by atoms with Crippen LogP contribution < -0.4 is 24.8 Å². The highest BCUT2D eigenvalue weighted by Gasteiger charge is 2.27. The fourth-order valence-electron chi connectivity index (χ4n) is 3.85. The molecule has 0 saturated heterocycles. The van der Waals surface area contributed by atoms with Gasteiger partial charge in [-0.05, 0) is 62.2 Å². The lowest BCUT2D eigenvalue weighted by Crippen LogP contribution is -2.33. The standard InChI is InChI=1S/C26H31N5O5S/c1-5-31-24(23(16(3)4)28-25(33)17-7-12-20-21(13-17)36-15-35-20)29-30-26(31)37-14-22(32)27-18-8-10-19(11-9-18)34-6-2/h7-13,16,23H,5-6,14-15H2,1-4H3,(H,27,32)(H,28,33). The van der Waals surface area contributed by atoms with Crippen LogP contribution in [-0.2, 0) is 11.3 Å². The summed E-state index contributed by atoms with van der Waals surface area (Å²) < 4.78 is 18.1. The smallest absolute Gasteiger partial charge is 0.252 e. The first-order valence-corrected chi connectivity index (χ1v) is 13.2. The number of amides is 2. The SMILES string of the molecule is CCOc1ccc(NC(=O)CSc2nnc(C(NC(=O)c3ccc4c(c3)OCO4)C(C)C)n2CC)cc1. The van der Waals surface area contributed by atoms with Gasteiger partial charge in [-0.2, -0.15) is 0 Å². The molecular weight excluding hydrogens is 494 g/mol. The summed E-state index contributed by atoms with van der Waals surface area (Å²) in [5.41, 5.74) is 1.16. The summed E-state index contributed by atoms with van der Waals surface area (Å²) in [7, 11) is 0. The van der Waals surface area contributed by atoms with E-state index in [1.807, 2.05) is 44.4 Å². The van der Waals surface area contributed by atoms with Gasteiger partial charge in [-0.3, -0.25) is 9.59 Å². The highest BCUT2D eigenvalue weighted by molar-refractivity contribution is 7.99. The average molecular weight is 526 g/mol. The Bertz CT molecular complexity index is 1240. The molecule has 2 aromatic carbocycles. The lowest BCUT2D eigenvalue weighted by Gasteiger charge is -2.22. The van der Waals surface area contributed by atoms with Gasteiger partial charge in [-0.25, -0.2) is 0 Å². The Labute approximate surface area is 220 Å². The molecule has 2 N–H and O–H groups in total. The Balaban J connectivity index is 1.41. The third kappa shape index (κ3) is 6.34. The lowest BCUT2D eigenvalue weighted by molar-refractivity contribution is -0.113. The second-order valence-electron chi connectivity index (χ2n) is 8.64. The lowest BCUT2D eigenvalue weighted by atomic mass is 10.0. The number of benzene rings is 2. The molecular formula is C26H31N5O5S. The molecule has 1 aliphatic rings. The van der Waals surface area contributed by atoms with Crippen molar-refractivity contribution in [3.8, 4) is 17.2 Å². The average Bonchev–Trinajstić information content (AvgIpc) is 3.53. The molecule has 3 aromatic rings. The minimum Gasteiger partial charge on any atom is -0.494 e. The number of rotatable bonds is 11. The zero-order chi connectivity index (χ0) is 26.4. The summed E-state index contributed by atoms with van der Waals surface area (Å²) in [5, 5.41) is 15.3. The molecule has 0 aliphatic carbocycles. The molecule has 11 heteroatoms. The van der Waals surface area contributed by atoms with Crippen LogP contribution in [0.25, 0.3) is 0 Å². The van der Waals surface area contributed by atoms with Crippen molar-refractivity contribution < 1.29 is 23.8 Å². The van der Waals surface area contributed by atoms with Gasteiger partial charge >= 0.3 is 0 Å². The van der Waals surface area contributed by atoms with Crippen molar-refractivity contribution in [2.24, 2.45) is 5.92 Å². The minimum absolute atomic E-state index is 0.0493. The summed E-state index contributed by atoms with van der Waals surface area (Å²) in [5.74, 6) is 2.38. The van der Waals surface area contributed by atoms with Crippen molar-refractivity contribution in [3.05, 3.63) is 53.9 Å². The minimum atomic E-state index is -0.377. The Hall–Kier alpha value is -3.73. The summed E-state index contributed by atoms with van der Waals surface area (Å²) in [6, 6.07) is 12.0. The van der Waals surface area contributed by atoms with E-state index in [0.717, 1.165) is 5.75 Å². The number of anilines is 1. The Morgan fingerprint density at radius 1 is 1.08 bits per heavy atom. The van der Waals surface area contributed by atoms with Gasteiger partial charge in [-0.15, -0.1) is 10.2 Å². The molecule has 10 nitrogen and oxygen atoms in total. The van der Waals surface area contributed by atoms with Gasteiger partial charge < -0.3 is 29.4 Å². The summed E-state index contributed by atoms with van der Waals surface area (Å²) in [6.45, 7) is 9.24. The number of carbonyl (C=O) groups is 2. The van der Waals surface area contributed by atoms with Gasteiger partial charge in [0, 0.05) is 17.8 Å². The van der Waals surface area contributed by atoms with Crippen LogP contribution in [0, 0.1) is 5.92 Å². The zero-order valence-corrected chi connectivity index (χ0v) is 22.1. The molecule has 0 radical (unpaired) electrons. The molecule has 1 aromatic heterocycles. The molecule has 1 aliphatic heterocycles. The fraction of sp³-hybridized carbons (Fsp3) is 0.385. The number of nitrogens with zero attached hydrogens (tertiary/aromatic N) is 3. The second kappa shape index (κ2) is 12.0. The number of aromatic nitrogens is 3. The molecule has 1 unspecified atom stereocenters. The van der Waals surface area contributed by atoms with Gasteiger partial charge in [0.2, 0.25) is 12.7 Å². The number of fused-ring (bicyclic) bond motifs is 1. The summed E-state index contributed by atoms with van der Waals surface area (Å²) in [4.78, 5) is 25.6. The quantitative estimate of drug-likeness (QED) is 0.356. The maximum atomic E-state index is 13.1. The van der Waals surface area contributed by atoms with Gasteiger partial charge in [0.15, 0.2) is 22.5 Å². The maximum absolute atomic E-state index is 13.1. The molecule has 0 fully saturated rings. The van der Waals surface area contributed by atoms with Crippen LogP contribution in [0.5, 0.6) is 17.2 Å². The normalized spacial score (nSPS) is 12.9. The van der Waals surface area contributed by atoms with E-state index in [9.17, 15) is 9.59 Å². The van der Waals surface area contributed by atoms with Gasteiger partial charge in [-0.1, -0.05) is 25.6 Å². The van der Waals surface area contributed by atoms with Crippen LogP contribution in [0.2, 0.25) is 0 Å². The molecule has 4 rings (SSSR count).